The van der Waals surface area contributed by atoms with Crippen LogP contribution in [0.2, 0.25) is 0 Å². The van der Waals surface area contributed by atoms with Crippen molar-refractivity contribution in [2.24, 2.45) is 0 Å². The molecule has 9 aromatic rings. The average molecular weight is 1080 g/mol. The van der Waals surface area contributed by atoms with Gasteiger partial charge in [-0.3, -0.25) is 0 Å². The molecule has 274 valence electrons. The number of H-pyrrole nitrogens is 1. The number of rotatable bonds is 2. The summed E-state index contributed by atoms with van der Waals surface area (Å²) in [5.41, 5.74) is 5.37. The summed E-state index contributed by atoms with van der Waals surface area (Å²) in [6.45, 7) is 4.00. The van der Waals surface area contributed by atoms with Gasteiger partial charge in [-0.05, 0) is 191 Å². The van der Waals surface area contributed by atoms with Gasteiger partial charge < -0.3 is 14.1 Å². The van der Waals surface area contributed by atoms with E-state index < -0.39 is 0 Å². The zero-order chi connectivity index (χ0) is 38.6. The molecule has 3 nitrogen and oxygen atoms in total. The third-order valence-electron chi connectivity index (χ3n) is 7.83. The Kier molecular flexibility index (Phi) is 15.4. The fourth-order valence-electron chi connectivity index (χ4n) is 5.33. The second-order valence-corrected chi connectivity index (χ2v) is 15.7. The van der Waals surface area contributed by atoms with E-state index >= 15 is 0 Å². The van der Waals surface area contributed by atoms with Crippen molar-refractivity contribution in [3.63, 3.8) is 0 Å². The first-order valence-corrected chi connectivity index (χ1v) is 20.6. The minimum atomic E-state index is -0.215. The number of nitrogens with one attached hydrogen (secondary N) is 1. The Labute approximate surface area is 356 Å². The van der Waals surface area contributed by atoms with Crippen LogP contribution in [0.1, 0.15) is 13.8 Å². The largest absolute Gasteiger partial charge is 0.361 e. The lowest BCUT2D eigenvalue weighted by Crippen LogP contribution is -1.91. The first-order chi connectivity index (χ1) is 26.1. The highest BCUT2D eigenvalue weighted by atomic mass is 127. The van der Waals surface area contributed by atoms with E-state index in [0.29, 0.717) is 0 Å². The molecule has 0 aliphatic carbocycles. The fourth-order valence-corrected chi connectivity index (χ4v) is 6.97. The van der Waals surface area contributed by atoms with E-state index in [1.165, 1.54) is 56.3 Å². The molecule has 3 heterocycles. The van der Waals surface area contributed by atoms with Crippen molar-refractivity contribution in [3.8, 4) is 11.4 Å². The summed E-state index contributed by atoms with van der Waals surface area (Å²) >= 11 is 11.3. The topological polar surface area (TPSA) is 25.6 Å². The fraction of sp³-hybridized carbons (Fsp3) is 0.0455. The predicted octanol–water partition coefficient (Wildman–Crippen LogP) is 15.3. The van der Waals surface area contributed by atoms with Crippen LogP contribution in [-0.2, 0) is 0 Å². The van der Waals surface area contributed by atoms with Crippen LogP contribution < -0.4 is 0 Å². The quantitative estimate of drug-likeness (QED) is 0.167. The summed E-state index contributed by atoms with van der Waals surface area (Å²) in [6.07, 6.45) is 5.94. The van der Waals surface area contributed by atoms with Gasteiger partial charge in [0.1, 0.15) is 17.5 Å². The Balaban J connectivity index is 0.000000142. The SMILES string of the molecule is Brc1ccc2[nH]ccc2c1.CC.Fc1ccc(-n2ccc3cc(Br)ccc32)cc1.Fc1ccc(-n2ccc3cc(I)ccc32)cc1.Fc1ccc(I)cc1. The van der Waals surface area contributed by atoms with E-state index in [9.17, 15) is 13.2 Å². The number of aromatic nitrogens is 3. The van der Waals surface area contributed by atoms with Crippen molar-refractivity contribution < 1.29 is 13.2 Å². The lowest BCUT2D eigenvalue weighted by Gasteiger charge is -2.05. The second-order valence-electron chi connectivity index (χ2n) is 11.4. The minimum absolute atomic E-state index is 0.176. The number of hydrogen-bond acceptors (Lipinski definition) is 0. The molecule has 6 aromatic carbocycles. The van der Waals surface area contributed by atoms with E-state index in [1.54, 1.807) is 36.4 Å². The van der Waals surface area contributed by atoms with E-state index in [-0.39, 0.29) is 17.5 Å². The van der Waals surface area contributed by atoms with E-state index in [4.69, 9.17) is 0 Å². The van der Waals surface area contributed by atoms with Crippen LogP contribution >= 0.6 is 77.0 Å². The molecular weight excluding hydrogens is 1040 g/mol. The van der Waals surface area contributed by atoms with Crippen molar-refractivity contribution in [1.82, 2.24) is 14.1 Å². The van der Waals surface area contributed by atoms with Crippen molar-refractivity contribution in [3.05, 3.63) is 198 Å². The minimum Gasteiger partial charge on any atom is -0.361 e. The molecule has 10 heteroatoms. The molecule has 0 spiro atoms. The molecule has 0 amide bonds. The highest BCUT2D eigenvalue weighted by molar-refractivity contribution is 14.1. The Morgan fingerprint density at radius 1 is 0.463 bits per heavy atom. The smallest absolute Gasteiger partial charge is 0.123 e. The normalized spacial score (nSPS) is 10.3. The molecule has 0 aliphatic rings. The lowest BCUT2D eigenvalue weighted by atomic mass is 10.2. The highest BCUT2D eigenvalue weighted by Gasteiger charge is 2.05. The van der Waals surface area contributed by atoms with E-state index in [1.807, 2.05) is 61.3 Å². The zero-order valence-electron chi connectivity index (χ0n) is 29.1. The van der Waals surface area contributed by atoms with E-state index in [2.05, 4.69) is 135 Å². The van der Waals surface area contributed by atoms with Crippen molar-refractivity contribution in [1.29, 1.82) is 0 Å². The first-order valence-electron chi connectivity index (χ1n) is 16.8. The van der Waals surface area contributed by atoms with Crippen molar-refractivity contribution >= 4 is 110 Å². The second kappa shape index (κ2) is 20.2. The standard InChI is InChI=1S/C14H9BrFN.C14H9FIN.C8H6BrN.C6H4FI.C2H6/c15-11-1-6-14-10(9-11)7-8-17(14)13-4-2-12(16)3-5-13;15-11-1-4-13(5-2-11)17-8-7-10-9-12(16)3-6-14(10)17;9-7-1-2-8-6(5-7)3-4-10-8;7-5-1-3-6(8)4-2-5;1-2/h2*1-9H;1-5,10H;1-4H;1-2H3. The number of fused-ring (bicyclic) bond motifs is 3. The predicted molar refractivity (Wildman–Crippen MR) is 243 cm³/mol. The summed E-state index contributed by atoms with van der Waals surface area (Å²) in [5, 5.41) is 3.60. The molecule has 0 unspecified atom stereocenters. The number of hydrogen-bond donors (Lipinski definition) is 1. The summed E-state index contributed by atoms with van der Waals surface area (Å²) in [4.78, 5) is 3.13. The van der Waals surface area contributed by atoms with Gasteiger partial charge in [0.25, 0.3) is 0 Å². The first kappa shape index (κ1) is 41.3. The van der Waals surface area contributed by atoms with Gasteiger partial charge in [0.15, 0.2) is 0 Å². The van der Waals surface area contributed by atoms with Gasteiger partial charge in [-0.2, -0.15) is 0 Å². The van der Waals surface area contributed by atoms with Crippen LogP contribution in [0.3, 0.4) is 0 Å². The maximum atomic E-state index is 12.9. The molecule has 0 aliphatic heterocycles. The lowest BCUT2D eigenvalue weighted by molar-refractivity contribution is 0.627. The van der Waals surface area contributed by atoms with Gasteiger partial charge in [0.05, 0.1) is 11.0 Å². The number of benzene rings is 6. The molecule has 0 radical (unpaired) electrons. The Bertz CT molecular complexity index is 2400. The van der Waals surface area contributed by atoms with Gasteiger partial charge in [-0.15, -0.1) is 0 Å². The molecule has 9 rings (SSSR count). The molecule has 3 aromatic heterocycles. The summed E-state index contributed by atoms with van der Waals surface area (Å²) in [6, 6.07) is 44.1. The van der Waals surface area contributed by atoms with Gasteiger partial charge in [-0.1, -0.05) is 45.7 Å². The van der Waals surface area contributed by atoms with Crippen molar-refractivity contribution in [2.45, 2.75) is 13.8 Å². The van der Waals surface area contributed by atoms with Crippen LogP contribution in [0, 0.1) is 24.6 Å². The highest BCUT2D eigenvalue weighted by Crippen LogP contribution is 2.25. The maximum absolute atomic E-state index is 12.9. The number of nitrogens with zero attached hydrogens (tertiary/aromatic N) is 2. The third-order valence-corrected chi connectivity index (χ3v) is 10.2. The van der Waals surface area contributed by atoms with Gasteiger partial charge in [0, 0.05) is 67.7 Å². The molecule has 0 atom stereocenters. The van der Waals surface area contributed by atoms with Crippen LogP contribution in [0.25, 0.3) is 44.1 Å². The van der Waals surface area contributed by atoms with Crippen LogP contribution in [0.5, 0.6) is 0 Å². The average Bonchev–Trinajstić information content (AvgIpc) is 3.93. The Morgan fingerprint density at radius 3 is 1.41 bits per heavy atom. The number of halogens is 7. The van der Waals surface area contributed by atoms with Crippen LogP contribution in [0.4, 0.5) is 13.2 Å². The molecule has 0 fully saturated rings. The Morgan fingerprint density at radius 2 is 0.889 bits per heavy atom. The summed E-state index contributed by atoms with van der Waals surface area (Å²) in [5.74, 6) is -0.599. The summed E-state index contributed by atoms with van der Waals surface area (Å²) in [7, 11) is 0. The molecule has 0 saturated heterocycles. The molecule has 54 heavy (non-hydrogen) atoms. The van der Waals surface area contributed by atoms with Crippen molar-refractivity contribution in [2.75, 3.05) is 0 Å². The van der Waals surface area contributed by atoms with E-state index in [0.717, 1.165) is 40.3 Å². The molecule has 1 N–H and O–H groups in total. The third kappa shape index (κ3) is 11.3. The van der Waals surface area contributed by atoms with Gasteiger partial charge >= 0.3 is 0 Å². The zero-order valence-corrected chi connectivity index (χ0v) is 36.6. The maximum Gasteiger partial charge on any atom is 0.123 e. The number of aromatic amines is 1. The van der Waals surface area contributed by atoms with Gasteiger partial charge in [0.2, 0.25) is 0 Å². The monoisotopic (exact) mass is 1070 g/mol. The van der Waals surface area contributed by atoms with Crippen LogP contribution in [0.15, 0.2) is 173 Å². The molecule has 0 bridgehead atoms. The molecular formula is C44H34Br2F3I2N3. The van der Waals surface area contributed by atoms with Crippen LogP contribution in [-0.4, -0.2) is 14.1 Å². The molecule has 0 saturated carbocycles. The van der Waals surface area contributed by atoms with Gasteiger partial charge in [-0.25, -0.2) is 13.2 Å². The Hall–Kier alpha value is -3.85. The summed E-state index contributed by atoms with van der Waals surface area (Å²) < 4.78 is 46.4.